The summed E-state index contributed by atoms with van der Waals surface area (Å²) >= 11 is 9.27. The Hall–Kier alpha value is -0.250. The summed E-state index contributed by atoms with van der Waals surface area (Å²) in [5, 5.41) is 10.3. The second kappa shape index (κ2) is 5.19. The van der Waals surface area contributed by atoms with E-state index in [1.165, 1.54) is 0 Å². The summed E-state index contributed by atoms with van der Waals surface area (Å²) in [6.45, 7) is 3.88. The van der Waals surface area contributed by atoms with E-state index in [9.17, 15) is 5.11 Å². The Bertz CT molecular complexity index is 339. The summed E-state index contributed by atoms with van der Waals surface area (Å²) in [7, 11) is 0. The van der Waals surface area contributed by atoms with E-state index in [2.05, 4.69) is 15.9 Å². The first-order valence-electron chi connectivity index (χ1n) is 4.75. The van der Waals surface area contributed by atoms with Crippen LogP contribution >= 0.6 is 27.5 Å². The molecule has 0 aliphatic rings. The zero-order valence-electron chi connectivity index (χ0n) is 8.76. The molecular formula is C11H14BrClO2. The fourth-order valence-corrected chi connectivity index (χ4v) is 1.44. The molecule has 1 unspecified atom stereocenters. The van der Waals surface area contributed by atoms with Gasteiger partial charge < -0.3 is 9.84 Å². The van der Waals surface area contributed by atoms with E-state index in [1.807, 2.05) is 13.0 Å². The highest BCUT2D eigenvalue weighted by molar-refractivity contribution is 9.10. The molecule has 1 N–H and O–H groups in total. The summed E-state index contributed by atoms with van der Waals surface area (Å²) in [5.74, 6) is 0.583. The monoisotopic (exact) mass is 292 g/mol. The predicted octanol–water partition coefficient (Wildman–Crippen LogP) is 3.64. The SMILES string of the molecule is CCC(C)(O)COc1cc(Br)ccc1Cl. The van der Waals surface area contributed by atoms with Gasteiger partial charge in [-0.3, -0.25) is 0 Å². The molecule has 0 aromatic heterocycles. The van der Waals surface area contributed by atoms with Gasteiger partial charge in [0.1, 0.15) is 12.4 Å². The fourth-order valence-electron chi connectivity index (χ4n) is 0.923. The average molecular weight is 294 g/mol. The molecule has 0 heterocycles. The minimum absolute atomic E-state index is 0.236. The number of benzene rings is 1. The molecule has 0 radical (unpaired) electrons. The van der Waals surface area contributed by atoms with Gasteiger partial charge in [0, 0.05) is 4.47 Å². The van der Waals surface area contributed by atoms with E-state index in [-0.39, 0.29) is 6.61 Å². The molecule has 1 aromatic rings. The maximum Gasteiger partial charge on any atom is 0.139 e. The number of ether oxygens (including phenoxy) is 1. The molecular weight excluding hydrogens is 279 g/mol. The lowest BCUT2D eigenvalue weighted by atomic mass is 10.1. The second-order valence-electron chi connectivity index (χ2n) is 3.71. The van der Waals surface area contributed by atoms with Crippen LogP contribution in [-0.4, -0.2) is 17.3 Å². The van der Waals surface area contributed by atoms with Crippen LogP contribution in [-0.2, 0) is 0 Å². The van der Waals surface area contributed by atoms with Gasteiger partial charge in [0.05, 0.1) is 10.6 Å². The van der Waals surface area contributed by atoms with Crippen LogP contribution in [0.3, 0.4) is 0 Å². The molecule has 0 spiro atoms. The van der Waals surface area contributed by atoms with Crippen molar-refractivity contribution in [3.63, 3.8) is 0 Å². The topological polar surface area (TPSA) is 29.5 Å². The minimum atomic E-state index is -0.814. The van der Waals surface area contributed by atoms with Gasteiger partial charge in [0.2, 0.25) is 0 Å². The normalized spacial score (nSPS) is 14.7. The standard InChI is InChI=1S/C11H14BrClO2/c1-3-11(2,14)7-15-10-6-8(12)4-5-9(10)13/h4-6,14H,3,7H2,1-2H3. The largest absolute Gasteiger partial charge is 0.489 e. The Morgan fingerprint density at radius 2 is 2.20 bits per heavy atom. The number of rotatable bonds is 4. The van der Waals surface area contributed by atoms with Crippen molar-refractivity contribution in [3.05, 3.63) is 27.7 Å². The number of hydrogen-bond donors (Lipinski definition) is 1. The maximum absolute atomic E-state index is 9.76. The van der Waals surface area contributed by atoms with E-state index in [0.717, 1.165) is 4.47 Å². The first-order chi connectivity index (χ1) is 6.94. The van der Waals surface area contributed by atoms with Gasteiger partial charge in [-0.15, -0.1) is 0 Å². The summed E-state index contributed by atoms with van der Waals surface area (Å²) in [6, 6.07) is 5.38. The highest BCUT2D eigenvalue weighted by Crippen LogP contribution is 2.28. The van der Waals surface area contributed by atoms with E-state index in [1.54, 1.807) is 19.1 Å². The number of hydrogen-bond acceptors (Lipinski definition) is 2. The van der Waals surface area contributed by atoms with Gasteiger partial charge in [-0.05, 0) is 31.5 Å². The third kappa shape index (κ3) is 4.01. The maximum atomic E-state index is 9.76. The van der Waals surface area contributed by atoms with Crippen LogP contribution in [0.4, 0.5) is 0 Å². The molecule has 0 aliphatic carbocycles. The molecule has 0 fully saturated rings. The summed E-state index contributed by atoms with van der Waals surface area (Å²) in [5.41, 5.74) is -0.814. The third-order valence-corrected chi connectivity index (χ3v) is 3.00. The van der Waals surface area contributed by atoms with Crippen LogP contribution < -0.4 is 4.74 Å². The van der Waals surface area contributed by atoms with E-state index in [4.69, 9.17) is 16.3 Å². The first-order valence-corrected chi connectivity index (χ1v) is 5.92. The van der Waals surface area contributed by atoms with Gasteiger partial charge in [0.25, 0.3) is 0 Å². The highest BCUT2D eigenvalue weighted by Gasteiger charge is 2.19. The Balaban J connectivity index is 2.69. The predicted molar refractivity (Wildman–Crippen MR) is 65.6 cm³/mol. The molecule has 0 bridgehead atoms. The summed E-state index contributed by atoms with van der Waals surface area (Å²) in [6.07, 6.45) is 0.638. The molecule has 4 heteroatoms. The van der Waals surface area contributed by atoms with Gasteiger partial charge in [-0.2, -0.15) is 0 Å². The van der Waals surface area contributed by atoms with Crippen LogP contribution in [0.2, 0.25) is 5.02 Å². The van der Waals surface area contributed by atoms with Crippen molar-refractivity contribution in [1.29, 1.82) is 0 Å². The molecule has 1 atom stereocenters. The van der Waals surface area contributed by atoms with Gasteiger partial charge in [-0.1, -0.05) is 34.5 Å². The molecule has 0 saturated carbocycles. The highest BCUT2D eigenvalue weighted by atomic mass is 79.9. The van der Waals surface area contributed by atoms with Crippen molar-refractivity contribution < 1.29 is 9.84 Å². The second-order valence-corrected chi connectivity index (χ2v) is 5.04. The zero-order chi connectivity index (χ0) is 11.5. The van der Waals surface area contributed by atoms with Crippen molar-refractivity contribution in [2.45, 2.75) is 25.9 Å². The number of aliphatic hydroxyl groups is 1. The Morgan fingerprint density at radius 3 is 2.80 bits per heavy atom. The first kappa shape index (κ1) is 12.8. The molecule has 15 heavy (non-hydrogen) atoms. The van der Waals surface area contributed by atoms with Crippen LogP contribution in [0.15, 0.2) is 22.7 Å². The smallest absolute Gasteiger partial charge is 0.139 e. The van der Waals surface area contributed by atoms with Gasteiger partial charge >= 0.3 is 0 Å². The molecule has 2 nitrogen and oxygen atoms in total. The Labute approximate surface area is 103 Å². The Kier molecular flexibility index (Phi) is 4.44. The molecule has 0 amide bonds. The van der Waals surface area contributed by atoms with Crippen molar-refractivity contribution in [1.82, 2.24) is 0 Å². The zero-order valence-corrected chi connectivity index (χ0v) is 11.1. The third-order valence-electron chi connectivity index (χ3n) is 2.19. The molecule has 1 aromatic carbocycles. The van der Waals surface area contributed by atoms with E-state index in [0.29, 0.717) is 17.2 Å². The summed E-state index contributed by atoms with van der Waals surface area (Å²) in [4.78, 5) is 0. The molecule has 0 aliphatic heterocycles. The van der Waals surface area contributed by atoms with Gasteiger partial charge in [0.15, 0.2) is 0 Å². The fraction of sp³-hybridized carbons (Fsp3) is 0.455. The van der Waals surface area contributed by atoms with Gasteiger partial charge in [-0.25, -0.2) is 0 Å². The van der Waals surface area contributed by atoms with Crippen LogP contribution in [0, 0.1) is 0 Å². The summed E-state index contributed by atoms with van der Waals surface area (Å²) < 4.78 is 6.36. The van der Waals surface area contributed by atoms with Crippen LogP contribution in [0.25, 0.3) is 0 Å². The van der Waals surface area contributed by atoms with Crippen molar-refractivity contribution in [3.8, 4) is 5.75 Å². The van der Waals surface area contributed by atoms with Crippen LogP contribution in [0.5, 0.6) is 5.75 Å². The van der Waals surface area contributed by atoms with E-state index >= 15 is 0 Å². The Morgan fingerprint density at radius 1 is 1.53 bits per heavy atom. The lowest BCUT2D eigenvalue weighted by molar-refractivity contribution is 0.00849. The van der Waals surface area contributed by atoms with Crippen LogP contribution in [0.1, 0.15) is 20.3 Å². The van der Waals surface area contributed by atoms with Crippen molar-refractivity contribution in [2.75, 3.05) is 6.61 Å². The van der Waals surface area contributed by atoms with E-state index < -0.39 is 5.60 Å². The van der Waals surface area contributed by atoms with Crippen molar-refractivity contribution >= 4 is 27.5 Å². The minimum Gasteiger partial charge on any atom is -0.489 e. The van der Waals surface area contributed by atoms with Crippen molar-refractivity contribution in [2.24, 2.45) is 0 Å². The molecule has 84 valence electrons. The molecule has 1 rings (SSSR count). The lowest BCUT2D eigenvalue weighted by Crippen LogP contribution is -2.31. The molecule has 0 saturated heterocycles. The average Bonchev–Trinajstić information content (AvgIpc) is 2.20. The lowest BCUT2D eigenvalue weighted by Gasteiger charge is -2.21. The quantitative estimate of drug-likeness (QED) is 0.918. The number of halogens is 2.